The van der Waals surface area contributed by atoms with Crippen molar-refractivity contribution in [2.75, 3.05) is 39.8 Å². The number of benzene rings is 1. The Hall–Kier alpha value is -1.32. The third-order valence-electron chi connectivity index (χ3n) is 5.35. The first-order chi connectivity index (χ1) is 10.6. The molecular formula is C19H29N3. The van der Waals surface area contributed by atoms with Crippen LogP contribution in [0.2, 0.25) is 0 Å². The van der Waals surface area contributed by atoms with Crippen LogP contribution in [-0.4, -0.2) is 54.1 Å². The highest BCUT2D eigenvalue weighted by atomic mass is 15.3. The van der Waals surface area contributed by atoms with E-state index in [1.807, 2.05) is 0 Å². The van der Waals surface area contributed by atoms with Crippen molar-refractivity contribution in [3.63, 3.8) is 0 Å². The summed E-state index contributed by atoms with van der Waals surface area (Å²) in [5.41, 5.74) is 5.72. The van der Waals surface area contributed by atoms with E-state index in [9.17, 15) is 0 Å². The number of nitrogens with zero attached hydrogens (tertiary/aromatic N) is 3. The molecule has 1 saturated heterocycles. The van der Waals surface area contributed by atoms with E-state index in [4.69, 9.17) is 0 Å². The highest BCUT2D eigenvalue weighted by molar-refractivity contribution is 5.86. The Morgan fingerprint density at radius 2 is 1.73 bits per heavy atom. The Morgan fingerprint density at radius 3 is 2.41 bits per heavy atom. The predicted octanol–water partition coefficient (Wildman–Crippen LogP) is 3.07. The van der Waals surface area contributed by atoms with Crippen LogP contribution in [0.3, 0.4) is 0 Å². The van der Waals surface area contributed by atoms with E-state index in [1.165, 1.54) is 53.9 Å². The van der Waals surface area contributed by atoms with E-state index in [0.717, 1.165) is 19.5 Å². The van der Waals surface area contributed by atoms with Gasteiger partial charge >= 0.3 is 0 Å². The summed E-state index contributed by atoms with van der Waals surface area (Å²) in [4.78, 5) is 5.02. The summed E-state index contributed by atoms with van der Waals surface area (Å²) in [5.74, 6) is 0. The minimum atomic E-state index is 1.10. The van der Waals surface area contributed by atoms with Crippen molar-refractivity contribution in [2.45, 2.75) is 33.7 Å². The number of aryl methyl sites for hydroxylation is 2. The van der Waals surface area contributed by atoms with Gasteiger partial charge in [0.25, 0.3) is 0 Å². The molecule has 0 aliphatic carbocycles. The fraction of sp³-hybridized carbons (Fsp3) is 0.579. The van der Waals surface area contributed by atoms with E-state index < -0.39 is 0 Å². The van der Waals surface area contributed by atoms with Gasteiger partial charge in [-0.25, -0.2) is 0 Å². The molecule has 3 heteroatoms. The number of likely N-dealkylation sites (N-methyl/N-ethyl adjacent to an activating group) is 1. The molecule has 22 heavy (non-hydrogen) atoms. The van der Waals surface area contributed by atoms with Gasteiger partial charge in [0.2, 0.25) is 0 Å². The molecule has 1 aromatic carbocycles. The largest absolute Gasteiger partial charge is 0.343 e. The Bertz CT molecular complexity index is 648. The normalized spacial score (nSPS) is 17.5. The van der Waals surface area contributed by atoms with E-state index in [1.54, 1.807) is 0 Å². The van der Waals surface area contributed by atoms with Crippen LogP contribution in [0, 0.1) is 13.8 Å². The van der Waals surface area contributed by atoms with Crippen molar-refractivity contribution in [1.82, 2.24) is 14.4 Å². The lowest BCUT2D eigenvalue weighted by atomic mass is 10.1. The average Bonchev–Trinajstić information content (AvgIpc) is 2.78. The minimum absolute atomic E-state index is 1.10. The van der Waals surface area contributed by atoms with Crippen LogP contribution >= 0.6 is 0 Å². The topological polar surface area (TPSA) is 11.4 Å². The van der Waals surface area contributed by atoms with Gasteiger partial charge in [0.15, 0.2) is 0 Å². The van der Waals surface area contributed by atoms with Crippen LogP contribution in [0.25, 0.3) is 10.9 Å². The first-order valence-electron chi connectivity index (χ1n) is 8.59. The van der Waals surface area contributed by atoms with Crippen LogP contribution in [-0.2, 0) is 13.0 Å². The molecule has 0 N–H and O–H groups in total. The van der Waals surface area contributed by atoms with Crippen molar-refractivity contribution in [3.05, 3.63) is 35.0 Å². The first-order valence-corrected chi connectivity index (χ1v) is 8.59. The summed E-state index contributed by atoms with van der Waals surface area (Å²) in [6.07, 6.45) is 1.11. The Labute approximate surface area is 134 Å². The number of rotatable bonds is 4. The lowest BCUT2D eigenvalue weighted by molar-refractivity contribution is 0.150. The van der Waals surface area contributed by atoms with E-state index in [-0.39, 0.29) is 0 Å². The molecule has 2 aromatic rings. The zero-order valence-corrected chi connectivity index (χ0v) is 14.5. The second kappa shape index (κ2) is 6.43. The molecule has 120 valence electrons. The molecule has 1 aliphatic rings. The zero-order valence-electron chi connectivity index (χ0n) is 14.5. The van der Waals surface area contributed by atoms with Gasteiger partial charge in [-0.05, 0) is 50.6 Å². The SMILES string of the molecule is CCc1ccc2c(c1)c(C)c(C)n2CCN1CCN(C)CC1. The maximum atomic E-state index is 2.60. The van der Waals surface area contributed by atoms with Crippen LogP contribution in [0.1, 0.15) is 23.7 Å². The third-order valence-corrected chi connectivity index (χ3v) is 5.35. The van der Waals surface area contributed by atoms with Crippen molar-refractivity contribution in [1.29, 1.82) is 0 Å². The van der Waals surface area contributed by atoms with E-state index in [0.29, 0.717) is 0 Å². The van der Waals surface area contributed by atoms with Gasteiger partial charge in [-0.1, -0.05) is 13.0 Å². The molecule has 0 radical (unpaired) electrons. The summed E-state index contributed by atoms with van der Waals surface area (Å²) >= 11 is 0. The summed E-state index contributed by atoms with van der Waals surface area (Å²) in [6, 6.07) is 6.98. The molecule has 0 spiro atoms. The maximum Gasteiger partial charge on any atom is 0.0485 e. The fourth-order valence-corrected chi connectivity index (χ4v) is 3.52. The molecule has 0 amide bonds. The molecule has 0 saturated carbocycles. The van der Waals surface area contributed by atoms with Crippen molar-refractivity contribution in [2.24, 2.45) is 0 Å². The molecule has 1 aliphatic heterocycles. The summed E-state index contributed by atoms with van der Waals surface area (Å²) in [6.45, 7) is 13.8. The van der Waals surface area contributed by atoms with E-state index >= 15 is 0 Å². The number of piperazine rings is 1. The number of hydrogen-bond donors (Lipinski definition) is 0. The molecule has 2 heterocycles. The molecule has 0 bridgehead atoms. The van der Waals surface area contributed by atoms with Gasteiger partial charge in [-0.2, -0.15) is 0 Å². The lowest BCUT2D eigenvalue weighted by Crippen LogP contribution is -2.45. The summed E-state index contributed by atoms with van der Waals surface area (Å²) in [5, 5.41) is 1.44. The second-order valence-corrected chi connectivity index (χ2v) is 6.71. The third kappa shape index (κ3) is 2.92. The summed E-state index contributed by atoms with van der Waals surface area (Å²) < 4.78 is 2.52. The van der Waals surface area contributed by atoms with Crippen LogP contribution < -0.4 is 0 Å². The van der Waals surface area contributed by atoms with E-state index in [2.05, 4.69) is 60.4 Å². The molecule has 1 aromatic heterocycles. The highest BCUT2D eigenvalue weighted by Crippen LogP contribution is 2.26. The molecule has 3 nitrogen and oxygen atoms in total. The number of hydrogen-bond acceptors (Lipinski definition) is 2. The lowest BCUT2D eigenvalue weighted by Gasteiger charge is -2.32. The number of fused-ring (bicyclic) bond motifs is 1. The fourth-order valence-electron chi connectivity index (χ4n) is 3.52. The Balaban J connectivity index is 1.80. The van der Waals surface area contributed by atoms with Gasteiger partial charge in [-0.15, -0.1) is 0 Å². The van der Waals surface area contributed by atoms with Crippen molar-refractivity contribution < 1.29 is 0 Å². The highest BCUT2D eigenvalue weighted by Gasteiger charge is 2.15. The van der Waals surface area contributed by atoms with Gasteiger partial charge in [0.05, 0.1) is 0 Å². The van der Waals surface area contributed by atoms with Gasteiger partial charge < -0.3 is 9.47 Å². The van der Waals surface area contributed by atoms with Gasteiger partial charge in [0, 0.05) is 55.9 Å². The predicted molar refractivity (Wildman–Crippen MR) is 94.7 cm³/mol. The van der Waals surface area contributed by atoms with Crippen molar-refractivity contribution in [3.8, 4) is 0 Å². The maximum absolute atomic E-state index is 2.60. The van der Waals surface area contributed by atoms with Gasteiger partial charge in [-0.3, -0.25) is 4.90 Å². The Kier molecular flexibility index (Phi) is 4.55. The van der Waals surface area contributed by atoms with Crippen LogP contribution in [0.4, 0.5) is 0 Å². The quantitative estimate of drug-likeness (QED) is 0.859. The monoisotopic (exact) mass is 299 g/mol. The van der Waals surface area contributed by atoms with Gasteiger partial charge in [0.1, 0.15) is 0 Å². The second-order valence-electron chi connectivity index (χ2n) is 6.71. The standard InChI is InChI=1S/C19H29N3/c1-5-17-6-7-19-18(14-17)15(2)16(3)22(19)13-12-21-10-8-20(4)9-11-21/h6-7,14H,5,8-13H2,1-4H3. The molecular weight excluding hydrogens is 270 g/mol. The molecule has 1 fully saturated rings. The Morgan fingerprint density at radius 1 is 1.00 bits per heavy atom. The average molecular weight is 299 g/mol. The zero-order chi connectivity index (χ0) is 15.7. The molecule has 0 atom stereocenters. The molecule has 3 rings (SSSR count). The molecule has 0 unspecified atom stereocenters. The number of aromatic nitrogens is 1. The van der Waals surface area contributed by atoms with Crippen LogP contribution in [0.5, 0.6) is 0 Å². The summed E-state index contributed by atoms with van der Waals surface area (Å²) in [7, 11) is 2.22. The minimum Gasteiger partial charge on any atom is -0.343 e. The van der Waals surface area contributed by atoms with Crippen LogP contribution in [0.15, 0.2) is 18.2 Å². The van der Waals surface area contributed by atoms with Crippen molar-refractivity contribution >= 4 is 10.9 Å². The first kappa shape index (κ1) is 15.6. The smallest absolute Gasteiger partial charge is 0.0485 e.